The van der Waals surface area contributed by atoms with Crippen molar-refractivity contribution >= 4 is 36.6 Å². The number of amides is 3. The highest BCUT2D eigenvalue weighted by Gasteiger charge is 2.35. The number of hydrogen-bond acceptors (Lipinski definition) is 5. The van der Waals surface area contributed by atoms with Gasteiger partial charge in [-0.15, -0.1) is 0 Å². The first-order valence-electron chi connectivity index (χ1n) is 10.9. The fourth-order valence-corrected chi connectivity index (χ4v) is 3.38. The SMILES string of the molecule is C=Cc1cccc(C(C(=O)NC(C)C)N(CCC)C(=O)C(CS)NC(=O)OC(C)(C)C)c1. The molecule has 0 fully saturated rings. The Morgan fingerprint density at radius 3 is 2.38 bits per heavy atom. The molecule has 0 aliphatic rings. The average Bonchev–Trinajstić information content (AvgIpc) is 2.69. The molecule has 0 spiro atoms. The van der Waals surface area contributed by atoms with Crippen LogP contribution in [-0.2, 0) is 14.3 Å². The van der Waals surface area contributed by atoms with Crippen LogP contribution in [0.2, 0.25) is 0 Å². The second kappa shape index (κ2) is 12.5. The second-order valence-electron chi connectivity index (χ2n) is 8.85. The summed E-state index contributed by atoms with van der Waals surface area (Å²) < 4.78 is 5.29. The number of ether oxygens (including phenoxy) is 1. The zero-order valence-corrected chi connectivity index (χ0v) is 20.9. The monoisotopic (exact) mass is 463 g/mol. The van der Waals surface area contributed by atoms with Crippen LogP contribution in [-0.4, -0.2) is 52.8 Å². The fourth-order valence-electron chi connectivity index (χ4n) is 3.14. The molecule has 7 nitrogen and oxygen atoms in total. The number of hydrogen-bond donors (Lipinski definition) is 3. The molecular formula is C24H37N3O4S. The van der Waals surface area contributed by atoms with Gasteiger partial charge in [-0.3, -0.25) is 9.59 Å². The summed E-state index contributed by atoms with van der Waals surface area (Å²) in [6.07, 6.45) is 1.61. The molecule has 2 atom stereocenters. The Bertz CT molecular complexity index is 805. The molecule has 0 heterocycles. The number of rotatable bonds is 10. The normalized spacial score (nSPS) is 13.1. The molecule has 1 aromatic carbocycles. The van der Waals surface area contributed by atoms with Crippen molar-refractivity contribution in [3.8, 4) is 0 Å². The molecule has 2 unspecified atom stereocenters. The van der Waals surface area contributed by atoms with E-state index in [1.165, 1.54) is 4.90 Å². The molecule has 0 saturated carbocycles. The van der Waals surface area contributed by atoms with E-state index in [-0.39, 0.29) is 17.7 Å². The number of nitrogens with zero attached hydrogens (tertiary/aromatic N) is 1. The predicted molar refractivity (Wildman–Crippen MR) is 132 cm³/mol. The van der Waals surface area contributed by atoms with Crippen LogP contribution in [0.3, 0.4) is 0 Å². The number of alkyl carbamates (subject to hydrolysis) is 1. The van der Waals surface area contributed by atoms with Gasteiger partial charge in [0.1, 0.15) is 17.7 Å². The summed E-state index contributed by atoms with van der Waals surface area (Å²) in [5.41, 5.74) is 0.797. The molecule has 3 amide bonds. The third kappa shape index (κ3) is 8.57. The minimum Gasteiger partial charge on any atom is -0.444 e. The lowest BCUT2D eigenvalue weighted by atomic mass is 10.00. The van der Waals surface area contributed by atoms with Gasteiger partial charge in [-0.1, -0.05) is 37.8 Å². The van der Waals surface area contributed by atoms with E-state index in [2.05, 4.69) is 29.8 Å². The molecule has 178 valence electrons. The van der Waals surface area contributed by atoms with Crippen LogP contribution < -0.4 is 10.6 Å². The molecule has 0 aliphatic heterocycles. The van der Waals surface area contributed by atoms with Crippen molar-refractivity contribution < 1.29 is 19.1 Å². The van der Waals surface area contributed by atoms with Crippen molar-refractivity contribution in [2.75, 3.05) is 12.3 Å². The zero-order valence-electron chi connectivity index (χ0n) is 20.0. The minimum atomic E-state index is -0.948. The molecule has 32 heavy (non-hydrogen) atoms. The van der Waals surface area contributed by atoms with Crippen molar-refractivity contribution in [1.82, 2.24) is 15.5 Å². The average molecular weight is 464 g/mol. The molecule has 1 rings (SSSR count). The van der Waals surface area contributed by atoms with Gasteiger partial charge in [0.2, 0.25) is 11.8 Å². The molecule has 0 saturated heterocycles. The quantitative estimate of drug-likeness (QED) is 0.459. The Labute approximate surface area is 197 Å². The van der Waals surface area contributed by atoms with Crippen LogP contribution in [0.5, 0.6) is 0 Å². The first kappa shape index (κ1) is 27.6. The van der Waals surface area contributed by atoms with Gasteiger partial charge in [0, 0.05) is 18.3 Å². The van der Waals surface area contributed by atoms with Gasteiger partial charge in [0.15, 0.2) is 0 Å². The maximum Gasteiger partial charge on any atom is 0.408 e. The Kier molecular flexibility index (Phi) is 10.8. The Morgan fingerprint density at radius 2 is 1.88 bits per heavy atom. The van der Waals surface area contributed by atoms with E-state index >= 15 is 0 Å². The standard InChI is InChI=1S/C24H37N3O4S/c1-8-13-27(22(29)19(15-32)26-23(30)31-24(5,6)7)20(21(28)25-16(3)4)18-12-10-11-17(9-2)14-18/h9-12,14,16,19-20,32H,2,8,13,15H2,1,3-7H3,(H,25,28)(H,26,30). The van der Waals surface area contributed by atoms with Crippen LogP contribution >= 0.6 is 12.6 Å². The first-order valence-corrected chi connectivity index (χ1v) is 11.5. The van der Waals surface area contributed by atoms with E-state index in [0.717, 1.165) is 5.56 Å². The summed E-state index contributed by atoms with van der Waals surface area (Å²) in [5, 5.41) is 5.51. The van der Waals surface area contributed by atoms with E-state index in [0.29, 0.717) is 18.5 Å². The summed E-state index contributed by atoms with van der Waals surface area (Å²) in [5.74, 6) is -0.637. The maximum atomic E-state index is 13.5. The van der Waals surface area contributed by atoms with Gasteiger partial charge < -0.3 is 20.3 Å². The van der Waals surface area contributed by atoms with Crippen LogP contribution in [0.4, 0.5) is 4.79 Å². The van der Waals surface area contributed by atoms with E-state index in [1.54, 1.807) is 26.8 Å². The lowest BCUT2D eigenvalue weighted by Gasteiger charge is -2.34. The van der Waals surface area contributed by atoms with Gasteiger partial charge >= 0.3 is 6.09 Å². The Morgan fingerprint density at radius 1 is 1.22 bits per heavy atom. The van der Waals surface area contributed by atoms with Crippen molar-refractivity contribution in [3.05, 3.63) is 42.0 Å². The summed E-state index contributed by atoms with van der Waals surface area (Å²) in [6, 6.07) is 5.43. The molecule has 0 aliphatic carbocycles. The lowest BCUT2D eigenvalue weighted by molar-refractivity contribution is -0.142. The maximum absolute atomic E-state index is 13.5. The number of thiol groups is 1. The third-order valence-electron chi connectivity index (χ3n) is 4.37. The fraction of sp³-hybridized carbons (Fsp3) is 0.542. The highest BCUT2D eigenvalue weighted by Crippen LogP contribution is 2.25. The predicted octanol–water partition coefficient (Wildman–Crippen LogP) is 3.96. The summed E-state index contributed by atoms with van der Waals surface area (Å²) >= 11 is 4.27. The van der Waals surface area contributed by atoms with Crippen LogP contribution in [0.25, 0.3) is 6.08 Å². The number of benzene rings is 1. The van der Waals surface area contributed by atoms with Crippen LogP contribution in [0.15, 0.2) is 30.8 Å². The first-order chi connectivity index (χ1) is 14.9. The van der Waals surface area contributed by atoms with Gasteiger partial charge in [-0.25, -0.2) is 4.79 Å². The minimum absolute atomic E-state index is 0.0590. The molecule has 8 heteroatoms. The number of nitrogens with one attached hydrogen (secondary N) is 2. The smallest absolute Gasteiger partial charge is 0.408 e. The summed E-state index contributed by atoms with van der Waals surface area (Å²) in [6.45, 7) is 15.0. The number of carbonyl (C=O) groups excluding carboxylic acids is 3. The topological polar surface area (TPSA) is 87.7 Å². The highest BCUT2D eigenvalue weighted by molar-refractivity contribution is 7.80. The number of carbonyl (C=O) groups is 3. The van der Waals surface area contributed by atoms with Crippen molar-refractivity contribution in [2.45, 2.75) is 71.7 Å². The van der Waals surface area contributed by atoms with Crippen molar-refractivity contribution in [3.63, 3.8) is 0 Å². The molecule has 0 aromatic heterocycles. The summed E-state index contributed by atoms with van der Waals surface area (Å²) in [7, 11) is 0. The van der Waals surface area contributed by atoms with Crippen LogP contribution in [0.1, 0.15) is 65.1 Å². The Balaban J connectivity index is 3.35. The second-order valence-corrected chi connectivity index (χ2v) is 9.22. The van der Waals surface area contributed by atoms with Crippen molar-refractivity contribution in [2.24, 2.45) is 0 Å². The van der Waals surface area contributed by atoms with E-state index in [9.17, 15) is 14.4 Å². The lowest BCUT2D eigenvalue weighted by Crippen LogP contribution is -2.54. The van der Waals surface area contributed by atoms with Gasteiger partial charge in [-0.2, -0.15) is 12.6 Å². The molecule has 1 aromatic rings. The molecule has 0 radical (unpaired) electrons. The van der Waals surface area contributed by atoms with Gasteiger partial charge in [0.25, 0.3) is 0 Å². The largest absolute Gasteiger partial charge is 0.444 e. The van der Waals surface area contributed by atoms with E-state index in [4.69, 9.17) is 4.74 Å². The van der Waals surface area contributed by atoms with Gasteiger partial charge in [0.05, 0.1) is 0 Å². The van der Waals surface area contributed by atoms with Crippen LogP contribution in [0, 0.1) is 0 Å². The highest BCUT2D eigenvalue weighted by atomic mass is 32.1. The molecular weight excluding hydrogens is 426 g/mol. The molecule has 2 N–H and O–H groups in total. The zero-order chi connectivity index (χ0) is 24.5. The van der Waals surface area contributed by atoms with Gasteiger partial charge in [-0.05, 0) is 58.2 Å². The third-order valence-corrected chi connectivity index (χ3v) is 4.74. The van der Waals surface area contributed by atoms with Crippen molar-refractivity contribution in [1.29, 1.82) is 0 Å². The summed E-state index contributed by atoms with van der Waals surface area (Å²) in [4.78, 5) is 40.6. The Hall–Kier alpha value is -2.48. The van der Waals surface area contributed by atoms with E-state index in [1.807, 2.05) is 45.0 Å². The molecule has 0 bridgehead atoms. The van der Waals surface area contributed by atoms with E-state index < -0.39 is 29.7 Å².